The van der Waals surface area contributed by atoms with E-state index in [9.17, 15) is 14.9 Å². The highest BCUT2D eigenvalue weighted by atomic mass is 16.6. The molecule has 0 saturated carbocycles. The first-order valence-corrected chi connectivity index (χ1v) is 9.99. The van der Waals surface area contributed by atoms with Crippen molar-refractivity contribution in [2.24, 2.45) is 0 Å². The van der Waals surface area contributed by atoms with Crippen LogP contribution in [0.3, 0.4) is 0 Å². The molecule has 2 aliphatic heterocycles. The van der Waals surface area contributed by atoms with Crippen LogP contribution in [0.2, 0.25) is 0 Å². The van der Waals surface area contributed by atoms with Gasteiger partial charge in [0.25, 0.3) is 5.69 Å². The summed E-state index contributed by atoms with van der Waals surface area (Å²) in [4.78, 5) is 26.9. The van der Waals surface area contributed by atoms with Crippen LogP contribution >= 0.6 is 0 Å². The Bertz CT molecular complexity index is 980. The molecule has 2 aromatic carbocycles. The monoisotopic (exact) mass is 425 g/mol. The minimum absolute atomic E-state index is 0.0680. The highest BCUT2D eigenvalue weighted by molar-refractivity contribution is 5.92. The van der Waals surface area contributed by atoms with E-state index in [0.717, 1.165) is 11.3 Å². The fourth-order valence-corrected chi connectivity index (χ4v) is 3.63. The number of non-ortho nitro benzene ring substituents is 1. The fourth-order valence-electron chi connectivity index (χ4n) is 3.63. The predicted octanol–water partition coefficient (Wildman–Crippen LogP) is 2.74. The second-order valence-corrected chi connectivity index (χ2v) is 7.17. The van der Waals surface area contributed by atoms with Crippen molar-refractivity contribution in [1.29, 1.82) is 0 Å². The van der Waals surface area contributed by atoms with Crippen molar-refractivity contribution in [2.75, 3.05) is 51.4 Å². The van der Waals surface area contributed by atoms with Crippen LogP contribution in [0.5, 0.6) is 17.2 Å². The van der Waals surface area contributed by atoms with Gasteiger partial charge in [0.2, 0.25) is 11.7 Å². The SMILES string of the molecule is COc1cc(/C=C/C(=O)N2CCN(c3ccc([N+](=O)[O-])cc3)CC2)cc2c1OCCO2. The van der Waals surface area contributed by atoms with Crippen LogP contribution in [-0.2, 0) is 4.79 Å². The van der Waals surface area contributed by atoms with Gasteiger partial charge in [-0.2, -0.15) is 0 Å². The number of hydrogen-bond acceptors (Lipinski definition) is 7. The molecule has 0 N–H and O–H groups in total. The summed E-state index contributed by atoms with van der Waals surface area (Å²) in [6.07, 6.45) is 3.29. The number of nitro benzene ring substituents is 1. The molecule has 2 heterocycles. The van der Waals surface area contributed by atoms with Gasteiger partial charge in [0.15, 0.2) is 11.5 Å². The van der Waals surface area contributed by atoms with E-state index in [1.807, 2.05) is 12.1 Å². The van der Waals surface area contributed by atoms with Gasteiger partial charge in [-0.25, -0.2) is 0 Å². The van der Waals surface area contributed by atoms with Gasteiger partial charge >= 0.3 is 0 Å². The number of fused-ring (bicyclic) bond motifs is 1. The number of carbonyl (C=O) groups is 1. The molecule has 0 spiro atoms. The molecule has 0 aliphatic carbocycles. The van der Waals surface area contributed by atoms with E-state index in [0.29, 0.717) is 56.6 Å². The van der Waals surface area contributed by atoms with E-state index < -0.39 is 4.92 Å². The first-order valence-electron chi connectivity index (χ1n) is 9.99. The third kappa shape index (κ3) is 4.55. The van der Waals surface area contributed by atoms with E-state index in [1.165, 1.54) is 12.1 Å². The summed E-state index contributed by atoms with van der Waals surface area (Å²) in [5, 5.41) is 10.8. The van der Waals surface area contributed by atoms with Gasteiger partial charge in [0.1, 0.15) is 13.2 Å². The Balaban J connectivity index is 1.37. The molecule has 4 rings (SSSR count). The van der Waals surface area contributed by atoms with Gasteiger partial charge in [-0.3, -0.25) is 14.9 Å². The molecule has 9 nitrogen and oxygen atoms in total. The maximum atomic E-state index is 12.6. The first-order chi connectivity index (χ1) is 15.0. The average molecular weight is 425 g/mol. The van der Waals surface area contributed by atoms with Crippen molar-refractivity contribution in [1.82, 2.24) is 4.90 Å². The second kappa shape index (κ2) is 8.95. The minimum Gasteiger partial charge on any atom is -0.493 e. The number of nitro groups is 1. The van der Waals surface area contributed by atoms with E-state index in [-0.39, 0.29) is 11.6 Å². The molecule has 1 saturated heterocycles. The van der Waals surface area contributed by atoms with E-state index in [1.54, 1.807) is 36.3 Å². The molecule has 0 unspecified atom stereocenters. The molecule has 162 valence electrons. The fraction of sp³-hybridized carbons (Fsp3) is 0.318. The number of piperazine rings is 1. The van der Waals surface area contributed by atoms with Gasteiger partial charge in [-0.1, -0.05) is 0 Å². The Kier molecular flexibility index (Phi) is 5.92. The van der Waals surface area contributed by atoms with Crippen molar-refractivity contribution < 1.29 is 23.9 Å². The standard InChI is InChI=1S/C22H23N3O6/c1-29-19-14-16(15-20-22(19)31-13-12-30-20)2-7-21(26)24-10-8-23(9-11-24)17-3-5-18(6-4-17)25(27)28/h2-7,14-15H,8-13H2,1H3/b7-2+. The van der Waals surface area contributed by atoms with E-state index in [4.69, 9.17) is 14.2 Å². The van der Waals surface area contributed by atoms with Crippen LogP contribution in [0.25, 0.3) is 6.08 Å². The quantitative estimate of drug-likeness (QED) is 0.413. The van der Waals surface area contributed by atoms with Gasteiger partial charge in [-0.05, 0) is 35.9 Å². The second-order valence-electron chi connectivity index (χ2n) is 7.17. The van der Waals surface area contributed by atoms with E-state index >= 15 is 0 Å². The lowest BCUT2D eigenvalue weighted by Crippen LogP contribution is -2.48. The normalized spacial score (nSPS) is 15.8. The summed E-state index contributed by atoms with van der Waals surface area (Å²) in [7, 11) is 1.57. The zero-order valence-corrected chi connectivity index (χ0v) is 17.2. The number of nitrogens with zero attached hydrogens (tertiary/aromatic N) is 3. The summed E-state index contributed by atoms with van der Waals surface area (Å²) < 4.78 is 16.6. The van der Waals surface area contributed by atoms with Crippen molar-refractivity contribution in [3.8, 4) is 17.2 Å². The molecule has 0 atom stereocenters. The number of methoxy groups -OCH3 is 1. The van der Waals surface area contributed by atoms with Crippen molar-refractivity contribution >= 4 is 23.4 Å². The number of rotatable bonds is 5. The lowest BCUT2D eigenvalue weighted by Gasteiger charge is -2.35. The number of anilines is 1. The minimum atomic E-state index is -0.413. The Hall–Kier alpha value is -3.75. The van der Waals surface area contributed by atoms with Crippen LogP contribution < -0.4 is 19.1 Å². The third-order valence-electron chi connectivity index (χ3n) is 5.29. The molecule has 0 bridgehead atoms. The first kappa shape index (κ1) is 20.5. The smallest absolute Gasteiger partial charge is 0.269 e. The Labute approximate surface area is 179 Å². The third-order valence-corrected chi connectivity index (χ3v) is 5.29. The van der Waals surface area contributed by atoms with Crippen molar-refractivity contribution in [3.63, 3.8) is 0 Å². The zero-order chi connectivity index (χ0) is 21.8. The van der Waals surface area contributed by atoms with Crippen LogP contribution in [0, 0.1) is 10.1 Å². The molecule has 1 fully saturated rings. The maximum Gasteiger partial charge on any atom is 0.269 e. The van der Waals surface area contributed by atoms with Crippen LogP contribution in [0.4, 0.5) is 11.4 Å². The average Bonchev–Trinajstić information content (AvgIpc) is 2.82. The molecular formula is C22H23N3O6. The summed E-state index contributed by atoms with van der Waals surface area (Å²) in [6.45, 7) is 3.42. The molecule has 0 radical (unpaired) electrons. The molecule has 9 heteroatoms. The number of amides is 1. The van der Waals surface area contributed by atoms with Crippen LogP contribution in [0.1, 0.15) is 5.56 Å². The number of benzene rings is 2. The summed E-state index contributed by atoms with van der Waals surface area (Å²) in [5.74, 6) is 1.69. The molecular weight excluding hydrogens is 402 g/mol. The summed E-state index contributed by atoms with van der Waals surface area (Å²) >= 11 is 0. The lowest BCUT2D eigenvalue weighted by molar-refractivity contribution is -0.384. The molecule has 2 aromatic rings. The zero-order valence-electron chi connectivity index (χ0n) is 17.2. The van der Waals surface area contributed by atoms with Crippen LogP contribution in [-0.4, -0.2) is 62.2 Å². The Morgan fingerprint density at radius 1 is 1.10 bits per heavy atom. The largest absolute Gasteiger partial charge is 0.493 e. The highest BCUT2D eigenvalue weighted by Crippen LogP contribution is 2.40. The molecule has 31 heavy (non-hydrogen) atoms. The summed E-state index contributed by atoms with van der Waals surface area (Å²) in [6, 6.07) is 10.1. The van der Waals surface area contributed by atoms with Gasteiger partial charge in [0, 0.05) is 50.1 Å². The predicted molar refractivity (Wildman–Crippen MR) is 115 cm³/mol. The van der Waals surface area contributed by atoms with Crippen molar-refractivity contribution in [2.45, 2.75) is 0 Å². The van der Waals surface area contributed by atoms with Crippen LogP contribution in [0.15, 0.2) is 42.5 Å². The number of ether oxygens (including phenoxy) is 3. The Morgan fingerprint density at radius 3 is 2.48 bits per heavy atom. The molecule has 0 aromatic heterocycles. The topological polar surface area (TPSA) is 94.4 Å². The molecule has 1 amide bonds. The summed E-state index contributed by atoms with van der Waals surface area (Å²) in [5.41, 5.74) is 1.77. The highest BCUT2D eigenvalue weighted by Gasteiger charge is 2.21. The molecule has 2 aliphatic rings. The lowest BCUT2D eigenvalue weighted by atomic mass is 10.1. The number of carbonyl (C=O) groups excluding carboxylic acids is 1. The maximum absolute atomic E-state index is 12.6. The van der Waals surface area contributed by atoms with E-state index in [2.05, 4.69) is 4.90 Å². The number of hydrogen-bond donors (Lipinski definition) is 0. The van der Waals surface area contributed by atoms with Gasteiger partial charge in [0.05, 0.1) is 12.0 Å². The Morgan fingerprint density at radius 2 is 1.81 bits per heavy atom. The van der Waals surface area contributed by atoms with Gasteiger partial charge < -0.3 is 24.0 Å². The van der Waals surface area contributed by atoms with Crippen molar-refractivity contribution in [3.05, 3.63) is 58.2 Å². The van der Waals surface area contributed by atoms with Gasteiger partial charge in [-0.15, -0.1) is 0 Å².